The molecule has 0 unspecified atom stereocenters. The van der Waals surface area contributed by atoms with E-state index in [1.165, 1.54) is 0 Å². The maximum Gasteiger partial charge on any atom is 0.230 e. The van der Waals surface area contributed by atoms with Gasteiger partial charge in [0.15, 0.2) is 5.82 Å². The van der Waals surface area contributed by atoms with Crippen molar-refractivity contribution >= 4 is 11.7 Å². The number of methoxy groups -OCH3 is 2. The maximum absolute atomic E-state index is 12.0. The van der Waals surface area contributed by atoms with Crippen LogP contribution in [0.25, 0.3) is 0 Å². The molecule has 1 aromatic heterocycles. The highest BCUT2D eigenvalue weighted by Crippen LogP contribution is 2.31. The fourth-order valence-electron chi connectivity index (χ4n) is 2.16. The first-order valence-corrected chi connectivity index (χ1v) is 6.48. The molecule has 0 aliphatic heterocycles. The summed E-state index contributed by atoms with van der Waals surface area (Å²) in [5.74, 6) is 2.24. The molecule has 6 nitrogen and oxygen atoms in total. The average molecular weight is 290 g/mol. The van der Waals surface area contributed by atoms with E-state index < -0.39 is 0 Å². The first-order valence-electron chi connectivity index (χ1n) is 6.48. The van der Waals surface area contributed by atoms with Gasteiger partial charge in [-0.2, -0.15) is 0 Å². The second-order valence-electron chi connectivity index (χ2n) is 4.63. The number of benzene rings is 1. The van der Waals surface area contributed by atoms with Crippen molar-refractivity contribution in [2.24, 2.45) is 0 Å². The minimum absolute atomic E-state index is 0.180. The van der Waals surface area contributed by atoms with E-state index >= 15 is 0 Å². The number of hydrogen-bond acceptors (Lipinski definition) is 5. The van der Waals surface area contributed by atoms with Crippen LogP contribution in [0.2, 0.25) is 0 Å². The normalized spacial score (nSPS) is 10.3. The SMILES string of the molecule is COc1ccc(CC(=O)Nc2cc(C)on2)c(OC)c1C. The molecule has 0 saturated carbocycles. The lowest BCUT2D eigenvalue weighted by Crippen LogP contribution is -2.15. The zero-order valence-corrected chi connectivity index (χ0v) is 12.5. The third-order valence-electron chi connectivity index (χ3n) is 3.11. The number of hydrogen-bond donors (Lipinski definition) is 1. The second kappa shape index (κ2) is 6.30. The highest BCUT2D eigenvalue weighted by Gasteiger charge is 2.15. The van der Waals surface area contributed by atoms with Gasteiger partial charge < -0.3 is 19.3 Å². The number of carbonyl (C=O) groups is 1. The molecule has 0 bridgehead atoms. The van der Waals surface area contributed by atoms with Gasteiger partial charge in [0, 0.05) is 17.2 Å². The molecule has 21 heavy (non-hydrogen) atoms. The van der Waals surface area contributed by atoms with Crippen LogP contribution in [-0.4, -0.2) is 25.3 Å². The van der Waals surface area contributed by atoms with E-state index in [1.807, 2.05) is 19.1 Å². The van der Waals surface area contributed by atoms with E-state index in [-0.39, 0.29) is 12.3 Å². The first-order chi connectivity index (χ1) is 10.0. The summed E-state index contributed by atoms with van der Waals surface area (Å²) in [5.41, 5.74) is 1.65. The molecule has 0 atom stereocenters. The predicted octanol–water partition coefficient (Wildman–Crippen LogP) is 2.49. The topological polar surface area (TPSA) is 73.6 Å². The molecular weight excluding hydrogens is 272 g/mol. The van der Waals surface area contributed by atoms with Gasteiger partial charge in [0.2, 0.25) is 5.91 Å². The Bertz CT molecular complexity index is 649. The van der Waals surface area contributed by atoms with Gasteiger partial charge in [-0.3, -0.25) is 4.79 Å². The Morgan fingerprint density at radius 3 is 2.62 bits per heavy atom. The largest absolute Gasteiger partial charge is 0.496 e. The summed E-state index contributed by atoms with van der Waals surface area (Å²) in [6, 6.07) is 5.30. The second-order valence-corrected chi connectivity index (χ2v) is 4.63. The highest BCUT2D eigenvalue weighted by molar-refractivity contribution is 5.91. The Balaban J connectivity index is 2.15. The molecule has 0 spiro atoms. The number of carbonyl (C=O) groups excluding carboxylic acids is 1. The van der Waals surface area contributed by atoms with Crippen molar-refractivity contribution in [3.8, 4) is 11.5 Å². The molecule has 6 heteroatoms. The Kier molecular flexibility index (Phi) is 4.47. The third-order valence-corrected chi connectivity index (χ3v) is 3.11. The van der Waals surface area contributed by atoms with Crippen LogP contribution in [0, 0.1) is 13.8 Å². The number of rotatable bonds is 5. The van der Waals surface area contributed by atoms with Crippen molar-refractivity contribution in [2.75, 3.05) is 19.5 Å². The molecule has 1 aromatic carbocycles. The van der Waals surface area contributed by atoms with Gasteiger partial charge in [0.1, 0.15) is 17.3 Å². The molecule has 0 saturated heterocycles. The monoisotopic (exact) mass is 290 g/mol. The van der Waals surface area contributed by atoms with Crippen LogP contribution >= 0.6 is 0 Å². The lowest BCUT2D eigenvalue weighted by atomic mass is 10.1. The highest BCUT2D eigenvalue weighted by atomic mass is 16.5. The summed E-state index contributed by atoms with van der Waals surface area (Å²) in [5, 5.41) is 6.41. The van der Waals surface area contributed by atoms with Gasteiger partial charge in [-0.1, -0.05) is 11.2 Å². The van der Waals surface area contributed by atoms with Gasteiger partial charge in [-0.05, 0) is 19.9 Å². The average Bonchev–Trinajstić information content (AvgIpc) is 2.84. The van der Waals surface area contributed by atoms with Crippen molar-refractivity contribution < 1.29 is 18.8 Å². The number of nitrogens with one attached hydrogen (secondary N) is 1. The number of aromatic nitrogens is 1. The molecule has 0 fully saturated rings. The lowest BCUT2D eigenvalue weighted by molar-refractivity contribution is -0.115. The number of nitrogens with zero attached hydrogens (tertiary/aromatic N) is 1. The van der Waals surface area contributed by atoms with Gasteiger partial charge in [0.25, 0.3) is 0 Å². The quantitative estimate of drug-likeness (QED) is 0.915. The number of ether oxygens (including phenoxy) is 2. The molecule has 1 heterocycles. The van der Waals surface area contributed by atoms with Crippen LogP contribution < -0.4 is 14.8 Å². The third kappa shape index (κ3) is 3.34. The summed E-state index contributed by atoms with van der Waals surface area (Å²) in [6.07, 6.45) is 0.180. The minimum Gasteiger partial charge on any atom is -0.496 e. The Morgan fingerprint density at radius 2 is 2.05 bits per heavy atom. The molecule has 0 aliphatic carbocycles. The van der Waals surface area contributed by atoms with E-state index in [0.717, 1.165) is 16.9 Å². The van der Waals surface area contributed by atoms with Crippen molar-refractivity contribution in [3.05, 3.63) is 35.1 Å². The zero-order chi connectivity index (χ0) is 15.4. The van der Waals surface area contributed by atoms with Crippen molar-refractivity contribution in [3.63, 3.8) is 0 Å². The van der Waals surface area contributed by atoms with Gasteiger partial charge >= 0.3 is 0 Å². The van der Waals surface area contributed by atoms with Crippen LogP contribution in [0.5, 0.6) is 11.5 Å². The Morgan fingerprint density at radius 1 is 1.29 bits per heavy atom. The zero-order valence-electron chi connectivity index (χ0n) is 12.5. The summed E-state index contributed by atoms with van der Waals surface area (Å²) < 4.78 is 15.5. The molecule has 2 aromatic rings. The van der Waals surface area contributed by atoms with E-state index in [0.29, 0.717) is 17.3 Å². The minimum atomic E-state index is -0.189. The first kappa shape index (κ1) is 14.9. The molecule has 0 radical (unpaired) electrons. The van der Waals surface area contributed by atoms with Crippen molar-refractivity contribution in [2.45, 2.75) is 20.3 Å². The van der Waals surface area contributed by atoms with Crippen LogP contribution in [0.1, 0.15) is 16.9 Å². The number of amides is 1. The van der Waals surface area contributed by atoms with Gasteiger partial charge in [-0.15, -0.1) is 0 Å². The molecular formula is C15H18N2O4. The summed E-state index contributed by atoms with van der Waals surface area (Å²) >= 11 is 0. The molecule has 1 amide bonds. The number of aryl methyl sites for hydroxylation is 1. The van der Waals surface area contributed by atoms with Crippen LogP contribution in [0.15, 0.2) is 22.7 Å². The molecule has 0 aliphatic rings. The van der Waals surface area contributed by atoms with E-state index in [9.17, 15) is 4.79 Å². The lowest BCUT2D eigenvalue weighted by Gasteiger charge is -2.14. The Hall–Kier alpha value is -2.50. The van der Waals surface area contributed by atoms with E-state index in [1.54, 1.807) is 27.2 Å². The van der Waals surface area contributed by atoms with Gasteiger partial charge in [-0.25, -0.2) is 0 Å². The van der Waals surface area contributed by atoms with Crippen LogP contribution in [0.4, 0.5) is 5.82 Å². The van der Waals surface area contributed by atoms with E-state index in [2.05, 4.69) is 10.5 Å². The number of anilines is 1. The van der Waals surface area contributed by atoms with E-state index in [4.69, 9.17) is 14.0 Å². The van der Waals surface area contributed by atoms with Crippen molar-refractivity contribution in [1.29, 1.82) is 0 Å². The molecule has 1 N–H and O–H groups in total. The van der Waals surface area contributed by atoms with Crippen LogP contribution in [-0.2, 0) is 11.2 Å². The Labute approximate surface area is 123 Å². The van der Waals surface area contributed by atoms with Crippen molar-refractivity contribution in [1.82, 2.24) is 5.16 Å². The summed E-state index contributed by atoms with van der Waals surface area (Å²) in [6.45, 7) is 3.65. The van der Waals surface area contributed by atoms with Gasteiger partial charge in [0.05, 0.1) is 20.6 Å². The summed E-state index contributed by atoms with van der Waals surface area (Å²) in [7, 11) is 3.17. The summed E-state index contributed by atoms with van der Waals surface area (Å²) in [4.78, 5) is 12.0. The fourth-order valence-corrected chi connectivity index (χ4v) is 2.16. The standard InChI is InChI=1S/C15H18N2O4/c1-9-7-13(17-21-9)16-14(18)8-11-5-6-12(19-3)10(2)15(11)20-4/h5-7H,8H2,1-4H3,(H,16,17,18). The predicted molar refractivity (Wildman–Crippen MR) is 77.9 cm³/mol. The maximum atomic E-state index is 12.0. The molecule has 2 rings (SSSR count). The molecule has 112 valence electrons. The smallest absolute Gasteiger partial charge is 0.230 e. The van der Waals surface area contributed by atoms with Crippen LogP contribution in [0.3, 0.4) is 0 Å². The fraction of sp³-hybridized carbons (Fsp3) is 0.333.